The van der Waals surface area contributed by atoms with Crippen LogP contribution in [0.5, 0.6) is 5.75 Å². The van der Waals surface area contributed by atoms with Crippen LogP contribution in [-0.4, -0.2) is 43.5 Å². The van der Waals surface area contributed by atoms with E-state index in [9.17, 15) is 9.59 Å². The molecule has 0 saturated carbocycles. The third-order valence-corrected chi connectivity index (χ3v) is 6.42. The van der Waals surface area contributed by atoms with E-state index < -0.39 is 5.92 Å². The highest BCUT2D eigenvalue weighted by Crippen LogP contribution is 2.35. The molecule has 0 aromatic heterocycles. The molecule has 2 aliphatic heterocycles. The molecule has 0 N–H and O–H groups in total. The first-order valence-electron chi connectivity index (χ1n) is 10.9. The lowest BCUT2D eigenvalue weighted by molar-refractivity contribution is -0.141. The zero-order valence-electron chi connectivity index (χ0n) is 17.8. The topological polar surface area (TPSA) is 49.9 Å². The van der Waals surface area contributed by atoms with Gasteiger partial charge < -0.3 is 14.5 Å². The van der Waals surface area contributed by atoms with Crippen LogP contribution in [-0.2, 0) is 16.0 Å². The Morgan fingerprint density at radius 1 is 1.03 bits per heavy atom. The van der Waals surface area contributed by atoms with Crippen LogP contribution in [0.2, 0.25) is 0 Å². The first kappa shape index (κ1) is 20.5. The highest BCUT2D eigenvalue weighted by Gasteiger charge is 2.41. The Morgan fingerprint density at radius 3 is 2.47 bits per heavy atom. The van der Waals surface area contributed by atoms with Crippen LogP contribution in [0, 0.1) is 18.8 Å². The Kier molecular flexibility index (Phi) is 6.07. The first-order valence-corrected chi connectivity index (χ1v) is 10.9. The Labute approximate surface area is 178 Å². The molecule has 0 bridgehead atoms. The van der Waals surface area contributed by atoms with Gasteiger partial charge in [-0.25, -0.2) is 0 Å². The van der Waals surface area contributed by atoms with Crippen LogP contribution in [0.4, 0.5) is 5.69 Å². The van der Waals surface area contributed by atoms with Gasteiger partial charge in [0.25, 0.3) is 0 Å². The minimum Gasteiger partial charge on any atom is -0.495 e. The van der Waals surface area contributed by atoms with Crippen molar-refractivity contribution in [1.29, 1.82) is 0 Å². The maximum Gasteiger partial charge on any atom is 0.239 e. The number of piperidine rings is 1. The molecule has 2 aromatic carbocycles. The molecule has 30 heavy (non-hydrogen) atoms. The van der Waals surface area contributed by atoms with Gasteiger partial charge >= 0.3 is 0 Å². The summed E-state index contributed by atoms with van der Waals surface area (Å²) in [4.78, 5) is 29.8. The lowest BCUT2D eigenvalue weighted by Gasteiger charge is -2.33. The van der Waals surface area contributed by atoms with Gasteiger partial charge in [-0.1, -0.05) is 36.4 Å². The molecule has 2 aliphatic rings. The van der Waals surface area contributed by atoms with Crippen molar-refractivity contribution < 1.29 is 14.3 Å². The highest BCUT2D eigenvalue weighted by molar-refractivity contribution is 6.10. The maximum absolute atomic E-state index is 13.1. The number of nitrogens with zero attached hydrogens (tertiary/aromatic N) is 2. The van der Waals surface area contributed by atoms with Gasteiger partial charge in [0.15, 0.2) is 0 Å². The van der Waals surface area contributed by atoms with Crippen LogP contribution >= 0.6 is 0 Å². The second kappa shape index (κ2) is 8.90. The molecule has 5 heteroatoms. The zero-order valence-corrected chi connectivity index (χ0v) is 17.8. The van der Waals surface area contributed by atoms with Gasteiger partial charge in [0.2, 0.25) is 11.8 Å². The van der Waals surface area contributed by atoms with Crippen LogP contribution in [0.3, 0.4) is 0 Å². The molecule has 0 spiro atoms. The van der Waals surface area contributed by atoms with Crippen molar-refractivity contribution in [2.24, 2.45) is 11.8 Å². The maximum atomic E-state index is 13.1. The van der Waals surface area contributed by atoms with E-state index in [-0.39, 0.29) is 11.8 Å². The van der Waals surface area contributed by atoms with Crippen LogP contribution in [0.25, 0.3) is 0 Å². The average Bonchev–Trinajstić information content (AvgIpc) is 3.15. The molecule has 2 aromatic rings. The van der Waals surface area contributed by atoms with Crippen molar-refractivity contribution in [3.63, 3.8) is 0 Å². The van der Waals surface area contributed by atoms with E-state index in [4.69, 9.17) is 4.74 Å². The summed E-state index contributed by atoms with van der Waals surface area (Å²) >= 11 is 0. The molecule has 2 heterocycles. The van der Waals surface area contributed by atoms with Gasteiger partial charge in [-0.2, -0.15) is 0 Å². The number of hydrogen-bond donors (Lipinski definition) is 0. The van der Waals surface area contributed by atoms with Crippen molar-refractivity contribution in [3.8, 4) is 5.75 Å². The Hall–Kier alpha value is -2.82. The smallest absolute Gasteiger partial charge is 0.239 e. The number of hydrogen-bond acceptors (Lipinski definition) is 3. The highest BCUT2D eigenvalue weighted by atomic mass is 16.5. The van der Waals surface area contributed by atoms with Crippen molar-refractivity contribution in [2.45, 2.75) is 32.6 Å². The fraction of sp³-hybridized carbons (Fsp3) is 0.440. The number of aryl methyl sites for hydroxylation is 1. The van der Waals surface area contributed by atoms with Gasteiger partial charge in [0.1, 0.15) is 11.7 Å². The predicted octanol–water partition coefficient (Wildman–Crippen LogP) is 3.84. The van der Waals surface area contributed by atoms with Crippen LogP contribution < -0.4 is 9.64 Å². The van der Waals surface area contributed by atoms with Crippen molar-refractivity contribution >= 4 is 17.5 Å². The molecule has 5 nitrogen and oxygen atoms in total. The molecule has 2 saturated heterocycles. The average molecular weight is 407 g/mol. The van der Waals surface area contributed by atoms with E-state index in [0.29, 0.717) is 24.6 Å². The summed E-state index contributed by atoms with van der Waals surface area (Å²) in [6, 6.07) is 16.3. The SMILES string of the molecule is COc1ccc(C)cc1N1CCC(C(=O)N2CCC(Cc3ccccc3)CC2)C1=O. The molecular formula is C25H30N2O3. The van der Waals surface area contributed by atoms with Gasteiger partial charge in [-0.15, -0.1) is 0 Å². The van der Waals surface area contributed by atoms with Gasteiger partial charge in [-0.05, 0) is 61.8 Å². The van der Waals surface area contributed by atoms with Crippen molar-refractivity contribution in [2.75, 3.05) is 31.6 Å². The lowest BCUT2D eigenvalue weighted by Crippen LogP contribution is -2.44. The lowest BCUT2D eigenvalue weighted by atomic mass is 9.89. The third kappa shape index (κ3) is 4.20. The zero-order chi connectivity index (χ0) is 21.1. The van der Waals surface area contributed by atoms with Gasteiger partial charge in [-0.3, -0.25) is 9.59 Å². The summed E-state index contributed by atoms with van der Waals surface area (Å²) in [5.74, 6) is 0.594. The van der Waals surface area contributed by atoms with E-state index >= 15 is 0 Å². The number of benzene rings is 2. The Balaban J connectivity index is 1.37. The minimum absolute atomic E-state index is 0.00715. The Morgan fingerprint density at radius 2 is 1.77 bits per heavy atom. The standard InChI is InChI=1S/C25H30N2O3/c1-18-8-9-23(30-2)22(16-18)27-15-12-21(25(27)29)24(28)26-13-10-20(11-14-26)17-19-6-4-3-5-7-19/h3-9,16,20-21H,10-15,17H2,1-2H3. The molecule has 1 atom stereocenters. The van der Waals surface area contributed by atoms with E-state index in [2.05, 4.69) is 24.3 Å². The summed E-state index contributed by atoms with van der Waals surface area (Å²) in [6.45, 7) is 4.03. The molecule has 4 rings (SSSR count). The van der Waals surface area contributed by atoms with E-state index in [0.717, 1.165) is 43.6 Å². The number of anilines is 1. The Bertz CT molecular complexity index is 904. The van der Waals surface area contributed by atoms with Crippen molar-refractivity contribution in [3.05, 3.63) is 59.7 Å². The number of rotatable bonds is 5. The number of amides is 2. The van der Waals surface area contributed by atoms with Crippen molar-refractivity contribution in [1.82, 2.24) is 4.90 Å². The summed E-state index contributed by atoms with van der Waals surface area (Å²) < 4.78 is 5.44. The van der Waals surface area contributed by atoms with E-state index in [1.54, 1.807) is 12.0 Å². The monoisotopic (exact) mass is 406 g/mol. The third-order valence-electron chi connectivity index (χ3n) is 6.42. The molecule has 0 aliphatic carbocycles. The van der Waals surface area contributed by atoms with Crippen LogP contribution in [0.15, 0.2) is 48.5 Å². The van der Waals surface area contributed by atoms with E-state index in [1.807, 2.05) is 36.1 Å². The molecule has 2 fully saturated rings. The first-order chi connectivity index (χ1) is 14.6. The van der Waals surface area contributed by atoms with Crippen LogP contribution in [0.1, 0.15) is 30.4 Å². The summed E-state index contributed by atoms with van der Waals surface area (Å²) in [5, 5.41) is 0. The fourth-order valence-electron chi connectivity index (χ4n) is 4.68. The predicted molar refractivity (Wildman–Crippen MR) is 118 cm³/mol. The molecule has 1 unspecified atom stereocenters. The minimum atomic E-state index is -0.569. The largest absolute Gasteiger partial charge is 0.495 e. The van der Waals surface area contributed by atoms with E-state index in [1.165, 1.54) is 5.56 Å². The quantitative estimate of drug-likeness (QED) is 0.709. The van der Waals surface area contributed by atoms with Gasteiger partial charge in [0.05, 0.1) is 12.8 Å². The summed E-state index contributed by atoms with van der Waals surface area (Å²) in [7, 11) is 1.61. The van der Waals surface area contributed by atoms with Gasteiger partial charge in [0, 0.05) is 19.6 Å². The summed E-state index contributed by atoms with van der Waals surface area (Å²) in [6.07, 6.45) is 3.62. The number of carbonyl (C=O) groups excluding carboxylic acids is 2. The molecule has 0 radical (unpaired) electrons. The second-order valence-electron chi connectivity index (χ2n) is 8.46. The second-order valence-corrected chi connectivity index (χ2v) is 8.46. The molecule has 2 amide bonds. The summed E-state index contributed by atoms with van der Waals surface area (Å²) in [5.41, 5.74) is 3.18. The molecule has 158 valence electrons. The fourth-order valence-corrected chi connectivity index (χ4v) is 4.68. The number of ether oxygens (including phenoxy) is 1. The number of likely N-dealkylation sites (tertiary alicyclic amines) is 1. The number of carbonyl (C=O) groups is 2. The normalized spacial score (nSPS) is 19.9. The number of methoxy groups -OCH3 is 1. The molecular weight excluding hydrogens is 376 g/mol.